The van der Waals surface area contributed by atoms with Crippen LogP contribution < -0.4 is 5.32 Å². The summed E-state index contributed by atoms with van der Waals surface area (Å²) in [6.07, 6.45) is 29.7. The average Bonchev–Trinajstić information content (AvgIpc) is 2.99. The lowest BCUT2D eigenvalue weighted by atomic mass is 9.86. The molecular formula is C37H71NO5. The summed E-state index contributed by atoms with van der Waals surface area (Å²) in [5, 5.41) is 13.1. The van der Waals surface area contributed by atoms with E-state index in [1.165, 1.54) is 89.9 Å². The minimum atomic E-state index is -1.41. The molecule has 1 amide bonds. The highest BCUT2D eigenvalue weighted by atomic mass is 16.5. The Balaban J connectivity index is 4.57. The first-order chi connectivity index (χ1) is 20.9. The zero-order valence-corrected chi connectivity index (χ0v) is 28.8. The minimum Gasteiger partial charge on any atom is -0.480 e. The lowest BCUT2D eigenvalue weighted by Gasteiger charge is -2.30. The maximum absolute atomic E-state index is 12.9. The van der Waals surface area contributed by atoms with Crippen molar-refractivity contribution in [1.29, 1.82) is 0 Å². The molecular weight excluding hydrogens is 538 g/mol. The average molecular weight is 610 g/mol. The Labute approximate surface area is 266 Å². The number of nitrogens with one attached hydrogen (secondary N) is 1. The third-order valence-corrected chi connectivity index (χ3v) is 8.77. The number of carboxylic acids is 1. The van der Waals surface area contributed by atoms with Crippen LogP contribution in [-0.2, 0) is 19.1 Å². The predicted molar refractivity (Wildman–Crippen MR) is 180 cm³/mol. The number of hydrogen-bond donors (Lipinski definition) is 2. The molecule has 0 rings (SSSR count). The number of carbonyl (C=O) groups is 3. The summed E-state index contributed by atoms with van der Waals surface area (Å²) in [4.78, 5) is 38.0. The fourth-order valence-corrected chi connectivity index (χ4v) is 5.81. The molecule has 0 fully saturated rings. The monoisotopic (exact) mass is 610 g/mol. The Morgan fingerprint density at radius 2 is 0.907 bits per heavy atom. The molecule has 0 saturated heterocycles. The molecule has 0 bridgehead atoms. The van der Waals surface area contributed by atoms with Crippen LogP contribution in [0.15, 0.2) is 0 Å². The maximum Gasteiger partial charge on any atom is 0.329 e. The van der Waals surface area contributed by atoms with E-state index in [0.717, 1.165) is 70.6 Å². The van der Waals surface area contributed by atoms with Gasteiger partial charge in [0.15, 0.2) is 0 Å². The normalized spacial score (nSPS) is 12.6. The molecule has 43 heavy (non-hydrogen) atoms. The van der Waals surface area contributed by atoms with Crippen LogP contribution in [0.4, 0.5) is 0 Å². The predicted octanol–water partition coefficient (Wildman–Crippen LogP) is 10.8. The summed E-state index contributed by atoms with van der Waals surface area (Å²) >= 11 is 0. The lowest BCUT2D eigenvalue weighted by Crippen LogP contribution is -2.54. The van der Waals surface area contributed by atoms with Gasteiger partial charge in [-0.15, -0.1) is 0 Å². The molecule has 0 saturated carbocycles. The van der Waals surface area contributed by atoms with Crippen LogP contribution in [0.2, 0.25) is 0 Å². The van der Waals surface area contributed by atoms with Crippen LogP contribution in [-0.4, -0.2) is 35.1 Å². The number of esters is 1. The second-order valence-electron chi connectivity index (χ2n) is 12.9. The van der Waals surface area contributed by atoms with Crippen LogP contribution in [0.5, 0.6) is 0 Å². The number of rotatable bonds is 33. The number of aliphatic carboxylic acids is 1. The molecule has 0 aromatic heterocycles. The SMILES string of the molecule is CCCCCCCCCCCCOC(=O)CC[C@@](CCCCCCCC)(NC(=O)CCCCCCCCCCC)C(=O)O. The highest BCUT2D eigenvalue weighted by Crippen LogP contribution is 2.24. The van der Waals surface area contributed by atoms with E-state index in [9.17, 15) is 19.5 Å². The molecule has 0 aliphatic heterocycles. The summed E-state index contributed by atoms with van der Waals surface area (Å²) in [5.74, 6) is -1.61. The summed E-state index contributed by atoms with van der Waals surface area (Å²) in [7, 11) is 0. The van der Waals surface area contributed by atoms with Gasteiger partial charge < -0.3 is 15.2 Å². The van der Waals surface area contributed by atoms with Crippen molar-refractivity contribution in [3.05, 3.63) is 0 Å². The van der Waals surface area contributed by atoms with E-state index < -0.39 is 11.5 Å². The minimum absolute atomic E-state index is 0.0121. The van der Waals surface area contributed by atoms with Gasteiger partial charge in [-0.3, -0.25) is 9.59 Å². The second-order valence-corrected chi connectivity index (χ2v) is 12.9. The smallest absolute Gasteiger partial charge is 0.329 e. The van der Waals surface area contributed by atoms with E-state index in [1.807, 2.05) is 0 Å². The van der Waals surface area contributed by atoms with Crippen LogP contribution in [0, 0.1) is 0 Å². The van der Waals surface area contributed by atoms with Crippen molar-refractivity contribution in [1.82, 2.24) is 5.32 Å². The van der Waals surface area contributed by atoms with Crippen molar-refractivity contribution in [3.63, 3.8) is 0 Å². The molecule has 0 aliphatic carbocycles. The first kappa shape index (κ1) is 41.4. The van der Waals surface area contributed by atoms with Crippen LogP contribution in [0.25, 0.3) is 0 Å². The molecule has 1 atom stereocenters. The number of ether oxygens (including phenoxy) is 1. The molecule has 6 heteroatoms. The van der Waals surface area contributed by atoms with Gasteiger partial charge in [0.2, 0.25) is 5.91 Å². The number of unbranched alkanes of at least 4 members (excludes halogenated alkanes) is 22. The Morgan fingerprint density at radius 3 is 1.35 bits per heavy atom. The molecule has 0 heterocycles. The van der Waals surface area contributed by atoms with Gasteiger partial charge in [-0.25, -0.2) is 4.79 Å². The van der Waals surface area contributed by atoms with Gasteiger partial charge in [-0.05, 0) is 25.7 Å². The van der Waals surface area contributed by atoms with E-state index in [4.69, 9.17) is 4.74 Å². The van der Waals surface area contributed by atoms with Crippen molar-refractivity contribution in [3.8, 4) is 0 Å². The molecule has 0 aliphatic rings. The molecule has 2 N–H and O–H groups in total. The van der Waals surface area contributed by atoms with E-state index in [2.05, 4.69) is 26.1 Å². The largest absolute Gasteiger partial charge is 0.480 e. The van der Waals surface area contributed by atoms with E-state index in [0.29, 0.717) is 19.4 Å². The quantitative estimate of drug-likeness (QED) is 0.0570. The highest BCUT2D eigenvalue weighted by molar-refractivity contribution is 5.87. The van der Waals surface area contributed by atoms with Gasteiger partial charge >= 0.3 is 11.9 Å². The zero-order valence-electron chi connectivity index (χ0n) is 28.8. The fourth-order valence-electron chi connectivity index (χ4n) is 5.81. The number of carbonyl (C=O) groups excluding carboxylic acids is 2. The highest BCUT2D eigenvalue weighted by Gasteiger charge is 2.39. The summed E-state index contributed by atoms with van der Waals surface area (Å²) < 4.78 is 5.45. The van der Waals surface area contributed by atoms with Gasteiger partial charge in [0.25, 0.3) is 0 Å². The summed E-state index contributed by atoms with van der Waals surface area (Å²) in [6, 6.07) is 0. The van der Waals surface area contributed by atoms with E-state index in [1.54, 1.807) is 0 Å². The number of hydrogen-bond acceptors (Lipinski definition) is 4. The first-order valence-electron chi connectivity index (χ1n) is 18.6. The van der Waals surface area contributed by atoms with Crippen molar-refractivity contribution < 1.29 is 24.2 Å². The van der Waals surface area contributed by atoms with Gasteiger partial charge in [-0.1, -0.05) is 168 Å². The van der Waals surface area contributed by atoms with Crippen LogP contribution in [0.3, 0.4) is 0 Å². The number of carboxylic acid groups (broad SMARTS) is 1. The third kappa shape index (κ3) is 25.4. The summed E-state index contributed by atoms with van der Waals surface area (Å²) in [6.45, 7) is 7.03. The Kier molecular flexibility index (Phi) is 29.3. The van der Waals surface area contributed by atoms with E-state index in [-0.39, 0.29) is 24.7 Å². The molecule has 0 spiro atoms. The molecule has 0 radical (unpaired) electrons. The van der Waals surface area contributed by atoms with Gasteiger partial charge in [0, 0.05) is 12.8 Å². The molecule has 6 nitrogen and oxygen atoms in total. The Hall–Kier alpha value is -1.59. The van der Waals surface area contributed by atoms with Crippen LogP contribution in [0.1, 0.15) is 207 Å². The van der Waals surface area contributed by atoms with E-state index >= 15 is 0 Å². The third-order valence-electron chi connectivity index (χ3n) is 8.77. The topological polar surface area (TPSA) is 92.7 Å². The van der Waals surface area contributed by atoms with Gasteiger partial charge in [0.05, 0.1) is 6.61 Å². The molecule has 0 aromatic carbocycles. The standard InChI is InChI=1S/C37H71NO5/c1-4-7-10-13-16-18-20-22-25-28-33-43-35(40)30-32-37(36(41)42,31-27-24-15-12-9-6-3)38-34(39)29-26-23-21-19-17-14-11-8-5-2/h4-33H2,1-3H3,(H,38,39)(H,41,42)/t37-/m1/s1. The summed E-state index contributed by atoms with van der Waals surface area (Å²) in [5.41, 5.74) is -1.41. The van der Waals surface area contributed by atoms with Crippen molar-refractivity contribution in [2.75, 3.05) is 6.61 Å². The van der Waals surface area contributed by atoms with Crippen molar-refractivity contribution in [2.24, 2.45) is 0 Å². The maximum atomic E-state index is 12.9. The molecule has 0 unspecified atom stereocenters. The second kappa shape index (κ2) is 30.4. The van der Waals surface area contributed by atoms with Gasteiger partial charge in [-0.2, -0.15) is 0 Å². The van der Waals surface area contributed by atoms with Crippen LogP contribution >= 0.6 is 0 Å². The van der Waals surface area contributed by atoms with Gasteiger partial charge in [0.1, 0.15) is 5.54 Å². The Bertz CT molecular complexity index is 667. The molecule has 0 aromatic rings. The fraction of sp³-hybridized carbons (Fsp3) is 0.919. The number of amides is 1. The van der Waals surface area contributed by atoms with Crippen molar-refractivity contribution in [2.45, 2.75) is 213 Å². The lowest BCUT2D eigenvalue weighted by molar-refractivity contribution is -0.150. The van der Waals surface area contributed by atoms with Crippen molar-refractivity contribution >= 4 is 17.8 Å². The Morgan fingerprint density at radius 1 is 0.512 bits per heavy atom. The zero-order chi connectivity index (χ0) is 31.9. The first-order valence-corrected chi connectivity index (χ1v) is 18.6. The molecule has 254 valence electrons.